The van der Waals surface area contributed by atoms with Crippen molar-refractivity contribution < 1.29 is 4.79 Å². The first-order chi connectivity index (χ1) is 13.4. The lowest BCUT2D eigenvalue weighted by atomic mass is 10.1. The smallest absolute Gasteiger partial charge is 0.254 e. The summed E-state index contributed by atoms with van der Waals surface area (Å²) in [5.41, 5.74) is 5.45. The Kier molecular flexibility index (Phi) is 4.98. The van der Waals surface area contributed by atoms with Crippen LogP contribution in [0.5, 0.6) is 0 Å². The van der Waals surface area contributed by atoms with Gasteiger partial charge in [0.05, 0.1) is 10.2 Å². The molecule has 146 valence electrons. The molecule has 1 amide bonds. The van der Waals surface area contributed by atoms with Crippen LogP contribution in [-0.4, -0.2) is 56.1 Å². The maximum absolute atomic E-state index is 12.9. The second-order valence-electron chi connectivity index (χ2n) is 7.57. The van der Waals surface area contributed by atoms with Gasteiger partial charge in [-0.15, -0.1) is 0 Å². The number of aryl methyl sites for hydroxylation is 2. The van der Waals surface area contributed by atoms with Crippen LogP contribution in [-0.2, 0) is 0 Å². The summed E-state index contributed by atoms with van der Waals surface area (Å²) in [6, 6.07) is 12.2. The molecule has 1 aliphatic heterocycles. The summed E-state index contributed by atoms with van der Waals surface area (Å²) in [5, 5.41) is 1.06. The lowest BCUT2D eigenvalue weighted by molar-refractivity contribution is 0.0747. The summed E-state index contributed by atoms with van der Waals surface area (Å²) >= 11 is 1.74. The van der Waals surface area contributed by atoms with E-state index in [1.165, 1.54) is 15.8 Å². The average molecular weight is 395 g/mol. The minimum Gasteiger partial charge on any atom is -0.378 e. The number of hydrogen-bond donors (Lipinski definition) is 0. The van der Waals surface area contributed by atoms with Crippen LogP contribution in [0.3, 0.4) is 0 Å². The molecule has 1 aromatic heterocycles. The van der Waals surface area contributed by atoms with Gasteiger partial charge in [-0.1, -0.05) is 23.5 Å². The molecule has 2 aromatic carbocycles. The van der Waals surface area contributed by atoms with Crippen molar-refractivity contribution >= 4 is 38.3 Å². The summed E-state index contributed by atoms with van der Waals surface area (Å²) < 4.78 is 1.23. The van der Waals surface area contributed by atoms with E-state index in [1.807, 2.05) is 48.2 Å². The summed E-state index contributed by atoms with van der Waals surface area (Å²) in [6.45, 7) is 7.34. The molecule has 6 heteroatoms. The molecule has 1 aliphatic rings. The van der Waals surface area contributed by atoms with Crippen molar-refractivity contribution in [3.63, 3.8) is 0 Å². The van der Waals surface area contributed by atoms with E-state index in [-0.39, 0.29) is 5.91 Å². The summed E-state index contributed by atoms with van der Waals surface area (Å²) in [4.78, 5) is 24.1. The van der Waals surface area contributed by atoms with E-state index in [2.05, 4.69) is 30.9 Å². The molecule has 3 aromatic rings. The van der Waals surface area contributed by atoms with Crippen molar-refractivity contribution in [1.29, 1.82) is 0 Å². The number of hydrogen-bond acceptors (Lipinski definition) is 5. The largest absolute Gasteiger partial charge is 0.378 e. The van der Waals surface area contributed by atoms with Crippen molar-refractivity contribution in [2.75, 3.05) is 50.1 Å². The summed E-state index contributed by atoms with van der Waals surface area (Å²) in [5.74, 6) is 0.110. The highest BCUT2D eigenvalue weighted by Crippen LogP contribution is 2.32. The van der Waals surface area contributed by atoms with E-state index in [4.69, 9.17) is 4.98 Å². The predicted octanol–water partition coefficient (Wildman–Crippen LogP) is 3.94. The standard InChI is InChI=1S/C22H26N4OS/c1-15-8-9-19-20(16(15)2)23-22(28-19)26-12-10-25(11-13-26)21(27)17-6-5-7-18(14-17)24(3)4/h5-9,14H,10-13H2,1-4H3. The average Bonchev–Trinajstić information content (AvgIpc) is 3.15. The number of benzene rings is 2. The predicted molar refractivity (Wildman–Crippen MR) is 118 cm³/mol. The molecule has 0 N–H and O–H groups in total. The fourth-order valence-electron chi connectivity index (χ4n) is 3.55. The molecule has 1 saturated heterocycles. The van der Waals surface area contributed by atoms with Crippen LogP contribution in [0, 0.1) is 13.8 Å². The Balaban J connectivity index is 1.47. The van der Waals surface area contributed by atoms with Gasteiger partial charge in [0.2, 0.25) is 0 Å². The molecule has 5 nitrogen and oxygen atoms in total. The van der Waals surface area contributed by atoms with Gasteiger partial charge in [0.15, 0.2) is 5.13 Å². The molecule has 0 saturated carbocycles. The molecule has 4 rings (SSSR count). The number of thiazole rings is 1. The van der Waals surface area contributed by atoms with Gasteiger partial charge in [-0.05, 0) is 49.2 Å². The number of piperazine rings is 1. The number of anilines is 2. The van der Waals surface area contributed by atoms with Gasteiger partial charge in [0, 0.05) is 51.5 Å². The van der Waals surface area contributed by atoms with Crippen molar-refractivity contribution in [1.82, 2.24) is 9.88 Å². The molecule has 0 aliphatic carbocycles. The first-order valence-corrected chi connectivity index (χ1v) is 10.4. The van der Waals surface area contributed by atoms with Crippen molar-refractivity contribution in [2.24, 2.45) is 0 Å². The monoisotopic (exact) mass is 394 g/mol. The Bertz CT molecular complexity index is 1020. The molecule has 0 spiro atoms. The number of aromatic nitrogens is 1. The van der Waals surface area contributed by atoms with E-state index < -0.39 is 0 Å². The van der Waals surface area contributed by atoms with E-state index in [0.29, 0.717) is 0 Å². The maximum atomic E-state index is 12.9. The topological polar surface area (TPSA) is 39.7 Å². The first kappa shape index (κ1) is 18.7. The molecule has 0 atom stereocenters. The lowest BCUT2D eigenvalue weighted by Crippen LogP contribution is -2.48. The Morgan fingerprint density at radius 3 is 2.54 bits per heavy atom. The van der Waals surface area contributed by atoms with E-state index in [9.17, 15) is 4.79 Å². The van der Waals surface area contributed by atoms with Crippen LogP contribution in [0.2, 0.25) is 0 Å². The maximum Gasteiger partial charge on any atom is 0.254 e. The van der Waals surface area contributed by atoms with Crippen molar-refractivity contribution in [3.05, 3.63) is 53.1 Å². The SMILES string of the molecule is Cc1ccc2sc(N3CCN(C(=O)c4cccc(N(C)C)c4)CC3)nc2c1C. The molecular weight excluding hydrogens is 368 g/mol. The number of fused-ring (bicyclic) bond motifs is 1. The number of carbonyl (C=O) groups is 1. The molecule has 2 heterocycles. The van der Waals surface area contributed by atoms with Crippen LogP contribution < -0.4 is 9.80 Å². The summed E-state index contributed by atoms with van der Waals surface area (Å²) in [6.07, 6.45) is 0. The van der Waals surface area contributed by atoms with E-state index in [0.717, 1.165) is 48.1 Å². The molecule has 28 heavy (non-hydrogen) atoms. The van der Waals surface area contributed by atoms with Gasteiger partial charge in [-0.3, -0.25) is 4.79 Å². The van der Waals surface area contributed by atoms with Crippen LogP contribution in [0.15, 0.2) is 36.4 Å². The third kappa shape index (κ3) is 3.44. The van der Waals surface area contributed by atoms with Crippen LogP contribution in [0.4, 0.5) is 10.8 Å². The van der Waals surface area contributed by atoms with E-state index in [1.54, 1.807) is 11.3 Å². The highest BCUT2D eigenvalue weighted by molar-refractivity contribution is 7.22. The van der Waals surface area contributed by atoms with Crippen LogP contribution in [0.1, 0.15) is 21.5 Å². The van der Waals surface area contributed by atoms with Gasteiger partial charge in [-0.25, -0.2) is 4.98 Å². The third-order valence-electron chi connectivity index (χ3n) is 5.52. The second kappa shape index (κ2) is 7.43. The Hall–Kier alpha value is -2.60. The zero-order chi connectivity index (χ0) is 19.8. The summed E-state index contributed by atoms with van der Waals surface area (Å²) in [7, 11) is 3.98. The van der Waals surface area contributed by atoms with E-state index >= 15 is 0 Å². The van der Waals surface area contributed by atoms with Gasteiger partial charge >= 0.3 is 0 Å². The zero-order valence-corrected chi connectivity index (χ0v) is 17.7. The number of carbonyl (C=O) groups excluding carboxylic acids is 1. The minimum atomic E-state index is 0.110. The van der Waals surface area contributed by atoms with Gasteiger partial charge in [-0.2, -0.15) is 0 Å². The normalized spacial score (nSPS) is 14.6. The van der Waals surface area contributed by atoms with Gasteiger partial charge < -0.3 is 14.7 Å². The fourth-order valence-corrected chi connectivity index (χ4v) is 4.63. The zero-order valence-electron chi connectivity index (χ0n) is 16.9. The molecule has 0 bridgehead atoms. The lowest BCUT2D eigenvalue weighted by Gasteiger charge is -2.34. The van der Waals surface area contributed by atoms with Crippen molar-refractivity contribution in [2.45, 2.75) is 13.8 Å². The van der Waals surface area contributed by atoms with Gasteiger partial charge in [0.1, 0.15) is 0 Å². The van der Waals surface area contributed by atoms with Gasteiger partial charge in [0.25, 0.3) is 5.91 Å². The molecule has 0 radical (unpaired) electrons. The Morgan fingerprint density at radius 1 is 1.07 bits per heavy atom. The highest BCUT2D eigenvalue weighted by atomic mass is 32.1. The number of nitrogens with zero attached hydrogens (tertiary/aromatic N) is 4. The third-order valence-corrected chi connectivity index (χ3v) is 6.60. The minimum absolute atomic E-state index is 0.110. The van der Waals surface area contributed by atoms with Crippen LogP contribution >= 0.6 is 11.3 Å². The Morgan fingerprint density at radius 2 is 1.82 bits per heavy atom. The highest BCUT2D eigenvalue weighted by Gasteiger charge is 2.24. The molecular formula is C22H26N4OS. The number of rotatable bonds is 3. The van der Waals surface area contributed by atoms with Crippen molar-refractivity contribution in [3.8, 4) is 0 Å². The second-order valence-corrected chi connectivity index (χ2v) is 8.58. The fraction of sp³-hybridized carbons (Fsp3) is 0.364. The molecule has 0 unspecified atom stereocenters. The molecule has 1 fully saturated rings. The van der Waals surface area contributed by atoms with Crippen LogP contribution in [0.25, 0.3) is 10.2 Å². The quantitative estimate of drug-likeness (QED) is 0.675. The Labute approximate surface area is 170 Å². The first-order valence-electron chi connectivity index (χ1n) is 9.62. The number of amides is 1.